The molecule has 3 saturated heterocycles. The van der Waals surface area contributed by atoms with Crippen LogP contribution in [0.1, 0.15) is 58.3 Å². The highest BCUT2D eigenvalue weighted by atomic mass is 32.2. The zero-order valence-electron chi connectivity index (χ0n) is 17.0. The van der Waals surface area contributed by atoms with Gasteiger partial charge in [0.1, 0.15) is 0 Å². The van der Waals surface area contributed by atoms with E-state index in [4.69, 9.17) is 4.74 Å². The van der Waals surface area contributed by atoms with Crippen molar-refractivity contribution in [3.63, 3.8) is 0 Å². The molecule has 0 saturated carbocycles. The Labute approximate surface area is 164 Å². The fourth-order valence-electron chi connectivity index (χ4n) is 4.76. The quantitative estimate of drug-likeness (QED) is 0.685. The Morgan fingerprint density at radius 1 is 1.04 bits per heavy atom. The van der Waals surface area contributed by atoms with Crippen LogP contribution in [0.5, 0.6) is 0 Å². The summed E-state index contributed by atoms with van der Waals surface area (Å²) in [5.74, 6) is 0.261. The van der Waals surface area contributed by atoms with Crippen molar-refractivity contribution in [2.45, 2.75) is 82.6 Å². The molecule has 0 aromatic carbocycles. The number of carbonyl (C=O) groups is 1. The average molecular weight is 402 g/mol. The molecule has 3 atom stereocenters. The molecule has 0 aliphatic carbocycles. The molecule has 0 N–H and O–H groups in total. The largest absolute Gasteiger partial charge is 0.375 e. The van der Waals surface area contributed by atoms with Gasteiger partial charge in [-0.25, -0.2) is 17.5 Å². The second-order valence-electron chi connectivity index (χ2n) is 8.47. The third-order valence-corrected chi connectivity index (χ3v) is 8.18. The number of unbranched alkanes of at least 4 members (excludes halogenated alkanes) is 1. The third-order valence-electron chi connectivity index (χ3n) is 6.23. The van der Waals surface area contributed by atoms with Gasteiger partial charge in [0.15, 0.2) is 0 Å². The van der Waals surface area contributed by atoms with E-state index in [1.165, 1.54) is 0 Å². The topological polar surface area (TPSA) is 70.2 Å². The van der Waals surface area contributed by atoms with Gasteiger partial charge in [-0.2, -0.15) is 0 Å². The SMILES string of the molecule is CCCCS(=O)(=O)N1CCC(OC2C[C@H]3CC[C@@H](C2)N3C(=O)N(C)C)CC1. The number of fused-ring (bicyclic) bond motifs is 2. The van der Waals surface area contributed by atoms with Crippen molar-refractivity contribution < 1.29 is 17.9 Å². The van der Waals surface area contributed by atoms with E-state index in [0.717, 1.165) is 51.4 Å². The predicted molar refractivity (Wildman–Crippen MR) is 105 cm³/mol. The van der Waals surface area contributed by atoms with Gasteiger partial charge in [-0.3, -0.25) is 0 Å². The molecule has 8 heteroatoms. The second-order valence-corrected chi connectivity index (χ2v) is 10.6. The van der Waals surface area contributed by atoms with Gasteiger partial charge >= 0.3 is 6.03 Å². The Balaban J connectivity index is 1.48. The van der Waals surface area contributed by atoms with Crippen molar-refractivity contribution in [1.82, 2.24) is 14.1 Å². The number of hydrogen-bond acceptors (Lipinski definition) is 4. The van der Waals surface area contributed by atoms with Crippen LogP contribution >= 0.6 is 0 Å². The molecule has 3 heterocycles. The number of hydrogen-bond donors (Lipinski definition) is 0. The zero-order chi connectivity index (χ0) is 19.6. The number of piperidine rings is 2. The van der Waals surface area contributed by atoms with Crippen LogP contribution in [-0.4, -0.2) is 85.8 Å². The highest BCUT2D eigenvalue weighted by Gasteiger charge is 2.44. The standard InChI is InChI=1S/C19H35N3O4S/c1-4-5-12-27(24,25)21-10-8-17(9-11-21)26-18-13-15-6-7-16(14-18)22(15)19(23)20(2)3/h15-18H,4-14H2,1-3H3/t15-,16+,18?. The summed E-state index contributed by atoms with van der Waals surface area (Å²) in [5.41, 5.74) is 0. The maximum Gasteiger partial charge on any atom is 0.319 e. The van der Waals surface area contributed by atoms with Crippen LogP contribution in [-0.2, 0) is 14.8 Å². The zero-order valence-corrected chi connectivity index (χ0v) is 17.8. The molecule has 3 aliphatic rings. The van der Waals surface area contributed by atoms with Crippen LogP contribution in [0, 0.1) is 0 Å². The van der Waals surface area contributed by atoms with Crippen LogP contribution in [0.3, 0.4) is 0 Å². The number of carbonyl (C=O) groups excluding carboxylic acids is 1. The molecule has 27 heavy (non-hydrogen) atoms. The molecule has 2 bridgehead atoms. The molecule has 3 fully saturated rings. The van der Waals surface area contributed by atoms with E-state index >= 15 is 0 Å². The first-order valence-corrected chi connectivity index (χ1v) is 12.1. The van der Waals surface area contributed by atoms with Crippen LogP contribution in [0.15, 0.2) is 0 Å². The lowest BCUT2D eigenvalue weighted by molar-refractivity contribution is -0.0685. The second kappa shape index (κ2) is 8.66. The van der Waals surface area contributed by atoms with Crippen molar-refractivity contribution >= 4 is 16.1 Å². The summed E-state index contributed by atoms with van der Waals surface area (Å²) in [4.78, 5) is 16.1. The first kappa shape index (κ1) is 20.9. The first-order chi connectivity index (χ1) is 12.8. The number of nitrogens with zero attached hydrogens (tertiary/aromatic N) is 3. The number of urea groups is 1. The van der Waals surface area contributed by atoms with Crippen molar-refractivity contribution in [3.05, 3.63) is 0 Å². The van der Waals surface area contributed by atoms with Crippen LogP contribution in [0.4, 0.5) is 4.79 Å². The summed E-state index contributed by atoms with van der Waals surface area (Å²) in [6.45, 7) is 3.16. The van der Waals surface area contributed by atoms with E-state index in [1.54, 1.807) is 9.21 Å². The van der Waals surface area contributed by atoms with Crippen molar-refractivity contribution in [2.75, 3.05) is 32.9 Å². The van der Waals surface area contributed by atoms with Gasteiger partial charge in [-0.1, -0.05) is 13.3 Å². The van der Waals surface area contributed by atoms with Gasteiger partial charge in [0, 0.05) is 39.3 Å². The Kier molecular flexibility index (Phi) is 6.69. The molecule has 2 amide bonds. The van der Waals surface area contributed by atoms with E-state index in [2.05, 4.69) is 4.90 Å². The molecule has 3 aliphatic heterocycles. The van der Waals surface area contributed by atoms with E-state index in [1.807, 2.05) is 21.0 Å². The summed E-state index contributed by atoms with van der Waals surface area (Å²) in [6, 6.07) is 0.697. The lowest BCUT2D eigenvalue weighted by Crippen LogP contribution is -2.52. The van der Waals surface area contributed by atoms with Crippen molar-refractivity contribution in [2.24, 2.45) is 0 Å². The van der Waals surface area contributed by atoms with E-state index in [-0.39, 0.29) is 36.1 Å². The minimum absolute atomic E-state index is 0.117. The summed E-state index contributed by atoms with van der Waals surface area (Å²) in [7, 11) is 0.519. The third kappa shape index (κ3) is 4.77. The Hall–Kier alpha value is -0.860. The molecule has 156 valence electrons. The molecule has 1 unspecified atom stereocenters. The summed E-state index contributed by atoms with van der Waals surface area (Å²) in [5, 5.41) is 0. The van der Waals surface area contributed by atoms with Crippen molar-refractivity contribution in [3.8, 4) is 0 Å². The smallest absolute Gasteiger partial charge is 0.319 e. The maximum absolute atomic E-state index is 12.4. The lowest BCUT2D eigenvalue weighted by atomic mass is 9.99. The van der Waals surface area contributed by atoms with Gasteiger partial charge < -0.3 is 14.5 Å². The van der Waals surface area contributed by atoms with Crippen LogP contribution < -0.4 is 0 Å². The Morgan fingerprint density at radius 3 is 2.15 bits per heavy atom. The monoisotopic (exact) mass is 401 g/mol. The minimum Gasteiger partial charge on any atom is -0.375 e. The van der Waals surface area contributed by atoms with Crippen LogP contribution in [0.2, 0.25) is 0 Å². The number of amides is 2. The van der Waals surface area contributed by atoms with Gasteiger partial charge in [-0.15, -0.1) is 0 Å². The number of ether oxygens (including phenoxy) is 1. The molecule has 7 nitrogen and oxygen atoms in total. The minimum atomic E-state index is -3.11. The summed E-state index contributed by atoms with van der Waals surface area (Å²) >= 11 is 0. The van der Waals surface area contributed by atoms with E-state index in [9.17, 15) is 13.2 Å². The molecule has 0 aromatic rings. The van der Waals surface area contributed by atoms with Gasteiger partial charge in [0.25, 0.3) is 0 Å². The molecule has 3 rings (SSSR count). The summed E-state index contributed by atoms with van der Waals surface area (Å²) in [6.07, 6.45) is 7.47. The normalized spacial score (nSPS) is 29.9. The van der Waals surface area contributed by atoms with Crippen molar-refractivity contribution in [1.29, 1.82) is 0 Å². The highest BCUT2D eigenvalue weighted by molar-refractivity contribution is 7.89. The lowest BCUT2D eigenvalue weighted by Gasteiger charge is -2.41. The Morgan fingerprint density at radius 2 is 1.63 bits per heavy atom. The molecule has 0 spiro atoms. The van der Waals surface area contributed by atoms with Crippen LogP contribution in [0.25, 0.3) is 0 Å². The van der Waals surface area contributed by atoms with E-state index < -0.39 is 10.0 Å². The predicted octanol–water partition coefficient (Wildman–Crippen LogP) is 2.27. The van der Waals surface area contributed by atoms with Gasteiger partial charge in [0.2, 0.25) is 10.0 Å². The van der Waals surface area contributed by atoms with Gasteiger partial charge in [-0.05, 0) is 44.9 Å². The molecule has 0 radical (unpaired) electrons. The average Bonchev–Trinajstić information content (AvgIpc) is 2.90. The summed E-state index contributed by atoms with van der Waals surface area (Å²) < 4.78 is 32.7. The Bertz CT molecular complexity index is 602. The maximum atomic E-state index is 12.4. The molecular weight excluding hydrogens is 366 g/mol. The fraction of sp³-hybridized carbons (Fsp3) is 0.947. The first-order valence-electron chi connectivity index (χ1n) is 10.4. The highest BCUT2D eigenvalue weighted by Crippen LogP contribution is 2.38. The molecule has 0 aromatic heterocycles. The van der Waals surface area contributed by atoms with Gasteiger partial charge in [0.05, 0.1) is 18.0 Å². The number of sulfonamides is 1. The molecular formula is C19H35N3O4S. The van der Waals surface area contributed by atoms with E-state index in [0.29, 0.717) is 13.1 Å². The number of rotatable bonds is 6. The fourth-order valence-corrected chi connectivity index (χ4v) is 6.43.